The minimum atomic E-state index is -0.353. The number of fused-ring (bicyclic) bond motifs is 1. The Morgan fingerprint density at radius 3 is 2.79 bits per heavy atom. The molecule has 0 bridgehead atoms. The van der Waals surface area contributed by atoms with Gasteiger partial charge >= 0.3 is 5.97 Å². The molecule has 0 saturated carbocycles. The molecule has 0 unspecified atom stereocenters. The van der Waals surface area contributed by atoms with Crippen molar-refractivity contribution in [1.29, 1.82) is 0 Å². The molecular formula is C22H28N2O3S2. The molecule has 1 amide bonds. The molecule has 0 saturated heterocycles. The van der Waals surface area contributed by atoms with Crippen LogP contribution in [0.15, 0.2) is 29.2 Å². The quantitative estimate of drug-likeness (QED) is 0.490. The van der Waals surface area contributed by atoms with E-state index < -0.39 is 0 Å². The summed E-state index contributed by atoms with van der Waals surface area (Å²) in [7, 11) is 0. The number of carbonyl (C=O) groups excluding carboxylic acids is 2. The predicted octanol–water partition coefficient (Wildman–Crippen LogP) is 5.06. The van der Waals surface area contributed by atoms with E-state index >= 15 is 0 Å². The van der Waals surface area contributed by atoms with Gasteiger partial charge < -0.3 is 10.1 Å². The van der Waals surface area contributed by atoms with Crippen LogP contribution in [0.1, 0.15) is 58.9 Å². The van der Waals surface area contributed by atoms with E-state index in [2.05, 4.69) is 31.0 Å². The van der Waals surface area contributed by atoms with Crippen molar-refractivity contribution in [2.45, 2.75) is 51.6 Å². The van der Waals surface area contributed by atoms with Gasteiger partial charge in [0.05, 0.1) is 12.2 Å². The summed E-state index contributed by atoms with van der Waals surface area (Å²) in [6.07, 6.45) is 0.788. The van der Waals surface area contributed by atoms with Gasteiger partial charge in [-0.3, -0.25) is 9.69 Å². The lowest BCUT2D eigenvalue weighted by Crippen LogP contribution is -2.35. The van der Waals surface area contributed by atoms with Crippen LogP contribution in [0.25, 0.3) is 0 Å². The lowest BCUT2D eigenvalue weighted by Gasteiger charge is -2.30. The summed E-state index contributed by atoms with van der Waals surface area (Å²) in [5.41, 5.74) is 2.15. The molecule has 2 heterocycles. The Morgan fingerprint density at radius 2 is 2.10 bits per heavy atom. The largest absolute Gasteiger partial charge is 0.462 e. The predicted molar refractivity (Wildman–Crippen MR) is 120 cm³/mol. The second-order valence-corrected chi connectivity index (χ2v) is 9.60. The number of rotatable bonds is 7. The standard InChI is InChI=1S/C22H28N2O3S2/c1-5-27-22(26)19-17-10-11-24(14(3)4)13-18(17)29-21(19)23-20(25)15-8-7-9-16(12-15)28-6-2/h7-9,12,14H,5-6,10-11,13H2,1-4H3,(H,23,25). The first-order valence-electron chi connectivity index (χ1n) is 10.0. The molecule has 7 heteroatoms. The van der Waals surface area contributed by atoms with E-state index in [0.717, 1.165) is 40.6 Å². The average molecular weight is 433 g/mol. The van der Waals surface area contributed by atoms with Crippen LogP contribution in [-0.4, -0.2) is 41.7 Å². The number of amides is 1. The number of hydrogen-bond acceptors (Lipinski definition) is 6. The molecule has 1 aromatic carbocycles. The third-order valence-corrected chi connectivity index (χ3v) is 6.94. The summed E-state index contributed by atoms with van der Waals surface area (Å²) in [6, 6.07) is 8.01. The van der Waals surface area contributed by atoms with Crippen LogP contribution in [0, 0.1) is 0 Å². The fourth-order valence-electron chi connectivity index (χ4n) is 3.44. The van der Waals surface area contributed by atoms with Gasteiger partial charge in [-0.05, 0) is 56.7 Å². The van der Waals surface area contributed by atoms with Crippen LogP contribution >= 0.6 is 23.1 Å². The van der Waals surface area contributed by atoms with Gasteiger partial charge in [0.2, 0.25) is 0 Å². The molecule has 1 aliphatic rings. The van der Waals surface area contributed by atoms with Crippen molar-refractivity contribution >= 4 is 40.0 Å². The number of anilines is 1. The normalized spacial score (nSPS) is 14.0. The highest BCUT2D eigenvalue weighted by Gasteiger charge is 2.30. The minimum absolute atomic E-state index is 0.201. The number of nitrogens with zero attached hydrogens (tertiary/aromatic N) is 1. The van der Waals surface area contributed by atoms with Gasteiger partial charge in [-0.2, -0.15) is 0 Å². The van der Waals surface area contributed by atoms with Gasteiger partial charge in [0, 0.05) is 34.5 Å². The first-order chi connectivity index (χ1) is 13.9. The molecule has 1 aromatic heterocycles. The number of carbonyl (C=O) groups is 2. The molecule has 0 spiro atoms. The maximum Gasteiger partial charge on any atom is 0.341 e. The third kappa shape index (κ3) is 5.02. The molecule has 0 fully saturated rings. The summed E-state index contributed by atoms with van der Waals surface area (Å²) in [5.74, 6) is 0.393. The monoisotopic (exact) mass is 432 g/mol. The zero-order chi connectivity index (χ0) is 21.0. The van der Waals surface area contributed by atoms with Crippen LogP contribution in [0.5, 0.6) is 0 Å². The summed E-state index contributed by atoms with van der Waals surface area (Å²) in [5, 5.41) is 3.58. The minimum Gasteiger partial charge on any atom is -0.462 e. The van der Waals surface area contributed by atoms with Gasteiger partial charge in [0.15, 0.2) is 0 Å². The van der Waals surface area contributed by atoms with E-state index in [9.17, 15) is 9.59 Å². The Bertz CT molecular complexity index is 892. The maximum atomic E-state index is 12.9. The first kappa shape index (κ1) is 21.9. The highest BCUT2D eigenvalue weighted by molar-refractivity contribution is 7.99. The van der Waals surface area contributed by atoms with Gasteiger partial charge in [-0.25, -0.2) is 4.79 Å². The van der Waals surface area contributed by atoms with Crippen molar-refractivity contribution in [3.8, 4) is 0 Å². The average Bonchev–Trinajstić information content (AvgIpc) is 3.05. The van der Waals surface area contributed by atoms with Crippen LogP contribution in [0.3, 0.4) is 0 Å². The zero-order valence-corrected chi connectivity index (χ0v) is 19.0. The number of benzene rings is 1. The smallest absolute Gasteiger partial charge is 0.341 e. The highest BCUT2D eigenvalue weighted by Crippen LogP contribution is 2.38. The lowest BCUT2D eigenvalue weighted by molar-refractivity contribution is 0.0526. The lowest BCUT2D eigenvalue weighted by atomic mass is 10.0. The Hall–Kier alpha value is -1.83. The van der Waals surface area contributed by atoms with Gasteiger partial charge in [0.25, 0.3) is 5.91 Å². The van der Waals surface area contributed by atoms with E-state index in [1.165, 1.54) is 11.3 Å². The van der Waals surface area contributed by atoms with Crippen LogP contribution < -0.4 is 5.32 Å². The molecule has 5 nitrogen and oxygen atoms in total. The number of hydrogen-bond donors (Lipinski definition) is 1. The van der Waals surface area contributed by atoms with Gasteiger partial charge in [0.1, 0.15) is 5.00 Å². The molecule has 29 heavy (non-hydrogen) atoms. The van der Waals surface area contributed by atoms with Crippen molar-refractivity contribution in [2.75, 3.05) is 24.2 Å². The molecule has 1 aliphatic heterocycles. The molecule has 156 valence electrons. The summed E-state index contributed by atoms with van der Waals surface area (Å²) < 4.78 is 5.31. The number of esters is 1. The summed E-state index contributed by atoms with van der Waals surface area (Å²) >= 11 is 3.19. The van der Waals surface area contributed by atoms with Crippen molar-refractivity contribution < 1.29 is 14.3 Å². The molecule has 2 aromatic rings. The SMILES string of the molecule is CCOC(=O)c1c(NC(=O)c2cccc(SCC)c2)sc2c1CCN(C(C)C)C2. The summed E-state index contributed by atoms with van der Waals surface area (Å²) in [6.45, 7) is 10.2. The molecular weight excluding hydrogens is 404 g/mol. The van der Waals surface area contributed by atoms with Gasteiger partial charge in [-0.1, -0.05) is 13.0 Å². The maximum absolute atomic E-state index is 12.9. The van der Waals surface area contributed by atoms with Crippen molar-refractivity contribution in [3.05, 3.63) is 45.8 Å². The Balaban J connectivity index is 1.91. The molecule has 0 atom stereocenters. The van der Waals surface area contributed by atoms with E-state index in [1.54, 1.807) is 24.8 Å². The van der Waals surface area contributed by atoms with Crippen LogP contribution in [0.2, 0.25) is 0 Å². The van der Waals surface area contributed by atoms with E-state index in [1.807, 2.05) is 18.2 Å². The fourth-order valence-corrected chi connectivity index (χ4v) is 5.42. The van der Waals surface area contributed by atoms with Crippen LogP contribution in [-0.2, 0) is 17.7 Å². The fraction of sp³-hybridized carbons (Fsp3) is 0.455. The van der Waals surface area contributed by atoms with Crippen molar-refractivity contribution in [1.82, 2.24) is 4.90 Å². The Kier molecular flexibility index (Phi) is 7.38. The van der Waals surface area contributed by atoms with Crippen LogP contribution in [0.4, 0.5) is 5.00 Å². The van der Waals surface area contributed by atoms with E-state index in [0.29, 0.717) is 28.8 Å². The number of nitrogens with one attached hydrogen (secondary N) is 1. The Morgan fingerprint density at radius 1 is 1.31 bits per heavy atom. The van der Waals surface area contributed by atoms with Crippen molar-refractivity contribution in [2.24, 2.45) is 0 Å². The number of thiophene rings is 1. The van der Waals surface area contributed by atoms with E-state index in [-0.39, 0.29) is 11.9 Å². The van der Waals surface area contributed by atoms with Gasteiger partial charge in [-0.15, -0.1) is 23.1 Å². The number of ether oxygens (including phenoxy) is 1. The highest BCUT2D eigenvalue weighted by atomic mass is 32.2. The second kappa shape index (κ2) is 9.78. The topological polar surface area (TPSA) is 58.6 Å². The zero-order valence-electron chi connectivity index (χ0n) is 17.4. The molecule has 0 aliphatic carbocycles. The van der Waals surface area contributed by atoms with Crippen molar-refractivity contribution in [3.63, 3.8) is 0 Å². The Labute approximate surface area is 180 Å². The van der Waals surface area contributed by atoms with E-state index in [4.69, 9.17) is 4.74 Å². The number of thioether (sulfide) groups is 1. The molecule has 0 radical (unpaired) electrons. The first-order valence-corrected chi connectivity index (χ1v) is 11.8. The second-order valence-electron chi connectivity index (χ2n) is 7.16. The third-order valence-electron chi connectivity index (χ3n) is 4.93. The molecule has 3 rings (SSSR count). The molecule has 1 N–H and O–H groups in total. The summed E-state index contributed by atoms with van der Waals surface area (Å²) in [4.78, 5) is 30.2.